The molecule has 0 aliphatic carbocycles. The maximum atomic E-state index is 10.9. The molecule has 2 atom stereocenters. The van der Waals surface area contributed by atoms with Crippen LogP contribution in [0, 0.1) is 6.92 Å². The zero-order valence-electron chi connectivity index (χ0n) is 9.62. The van der Waals surface area contributed by atoms with E-state index in [2.05, 4.69) is 21.2 Å². The zero-order valence-corrected chi connectivity index (χ0v) is 11.2. The van der Waals surface area contributed by atoms with Gasteiger partial charge in [-0.25, -0.2) is 0 Å². The largest absolute Gasteiger partial charge is 0.391 e. The molecule has 0 bridgehead atoms. The summed E-state index contributed by atoms with van der Waals surface area (Å²) in [6.45, 7) is 5.50. The van der Waals surface area contributed by atoms with E-state index in [1.807, 2.05) is 19.9 Å². The fourth-order valence-electron chi connectivity index (χ4n) is 1.29. The predicted octanol–water partition coefficient (Wildman–Crippen LogP) is 2.75. The minimum atomic E-state index is -0.445. The SMILES string of the molecule is Cc1c(Br)cc(NC(C)C(C)O)cc1C=O. The first-order valence-corrected chi connectivity index (χ1v) is 5.95. The van der Waals surface area contributed by atoms with Gasteiger partial charge in [0.2, 0.25) is 0 Å². The first-order chi connectivity index (χ1) is 7.45. The van der Waals surface area contributed by atoms with Crippen molar-refractivity contribution in [2.45, 2.75) is 32.9 Å². The number of halogens is 1. The highest BCUT2D eigenvalue weighted by Crippen LogP contribution is 2.24. The van der Waals surface area contributed by atoms with Crippen molar-refractivity contribution in [2.24, 2.45) is 0 Å². The third-order valence-corrected chi connectivity index (χ3v) is 3.45. The van der Waals surface area contributed by atoms with Crippen molar-refractivity contribution in [1.29, 1.82) is 0 Å². The fourth-order valence-corrected chi connectivity index (χ4v) is 1.76. The lowest BCUT2D eigenvalue weighted by Crippen LogP contribution is -2.27. The lowest BCUT2D eigenvalue weighted by Gasteiger charge is -2.19. The van der Waals surface area contributed by atoms with Gasteiger partial charge in [0.15, 0.2) is 0 Å². The number of carbonyl (C=O) groups excluding carboxylic acids is 1. The number of carbonyl (C=O) groups is 1. The minimum Gasteiger partial charge on any atom is -0.391 e. The van der Waals surface area contributed by atoms with E-state index in [0.717, 1.165) is 22.0 Å². The monoisotopic (exact) mass is 285 g/mol. The Morgan fingerprint density at radius 3 is 2.56 bits per heavy atom. The maximum absolute atomic E-state index is 10.9. The fraction of sp³-hybridized carbons (Fsp3) is 0.417. The Morgan fingerprint density at radius 2 is 2.06 bits per heavy atom. The second kappa shape index (κ2) is 5.46. The summed E-state index contributed by atoms with van der Waals surface area (Å²) in [4.78, 5) is 10.9. The van der Waals surface area contributed by atoms with E-state index in [-0.39, 0.29) is 6.04 Å². The van der Waals surface area contributed by atoms with Crippen LogP contribution in [-0.4, -0.2) is 23.5 Å². The third-order valence-electron chi connectivity index (χ3n) is 2.63. The van der Waals surface area contributed by atoms with Gasteiger partial charge in [0, 0.05) is 21.8 Å². The van der Waals surface area contributed by atoms with Crippen molar-refractivity contribution < 1.29 is 9.90 Å². The molecule has 16 heavy (non-hydrogen) atoms. The molecular weight excluding hydrogens is 270 g/mol. The molecule has 2 N–H and O–H groups in total. The highest BCUT2D eigenvalue weighted by Gasteiger charge is 2.10. The van der Waals surface area contributed by atoms with Gasteiger partial charge in [-0.15, -0.1) is 0 Å². The Kier molecular flexibility index (Phi) is 4.50. The molecule has 0 amide bonds. The molecule has 0 aliphatic heterocycles. The average Bonchev–Trinajstić information content (AvgIpc) is 2.22. The lowest BCUT2D eigenvalue weighted by molar-refractivity contribution is 0.112. The Morgan fingerprint density at radius 1 is 1.44 bits per heavy atom. The van der Waals surface area contributed by atoms with Crippen LogP contribution in [0.3, 0.4) is 0 Å². The van der Waals surface area contributed by atoms with Crippen LogP contribution < -0.4 is 5.32 Å². The summed E-state index contributed by atoms with van der Waals surface area (Å²) in [5.74, 6) is 0. The minimum absolute atomic E-state index is 0.0610. The molecule has 2 unspecified atom stereocenters. The quantitative estimate of drug-likeness (QED) is 0.837. The van der Waals surface area contributed by atoms with Gasteiger partial charge in [0.05, 0.1) is 6.10 Å². The average molecular weight is 286 g/mol. The number of aldehydes is 1. The Balaban J connectivity index is 2.98. The summed E-state index contributed by atoms with van der Waals surface area (Å²) in [5, 5.41) is 12.5. The van der Waals surface area contributed by atoms with Crippen LogP contribution in [0.4, 0.5) is 5.69 Å². The van der Waals surface area contributed by atoms with Gasteiger partial charge >= 0.3 is 0 Å². The number of hydrogen-bond acceptors (Lipinski definition) is 3. The van der Waals surface area contributed by atoms with E-state index in [1.54, 1.807) is 13.0 Å². The standard InChI is InChI=1S/C12H16BrNO2/c1-7-10(6-15)4-11(5-12(7)13)14-8(2)9(3)16/h4-6,8-9,14,16H,1-3H3. The third kappa shape index (κ3) is 3.06. The van der Waals surface area contributed by atoms with Crippen LogP contribution in [0.5, 0.6) is 0 Å². The van der Waals surface area contributed by atoms with Crippen LogP contribution >= 0.6 is 15.9 Å². The summed E-state index contributed by atoms with van der Waals surface area (Å²) < 4.78 is 0.886. The summed E-state index contributed by atoms with van der Waals surface area (Å²) in [6.07, 6.45) is 0.387. The molecule has 3 nitrogen and oxygen atoms in total. The zero-order chi connectivity index (χ0) is 12.3. The van der Waals surface area contributed by atoms with Crippen LogP contribution in [0.2, 0.25) is 0 Å². The van der Waals surface area contributed by atoms with E-state index in [4.69, 9.17) is 0 Å². The molecule has 4 heteroatoms. The highest BCUT2D eigenvalue weighted by molar-refractivity contribution is 9.10. The van der Waals surface area contributed by atoms with Crippen molar-refractivity contribution in [3.63, 3.8) is 0 Å². The van der Waals surface area contributed by atoms with E-state index < -0.39 is 6.10 Å². The summed E-state index contributed by atoms with van der Waals surface area (Å²) in [7, 11) is 0. The van der Waals surface area contributed by atoms with Gasteiger partial charge in [0.1, 0.15) is 6.29 Å². The Hall–Kier alpha value is -0.870. The highest BCUT2D eigenvalue weighted by atomic mass is 79.9. The van der Waals surface area contributed by atoms with Crippen molar-refractivity contribution >= 4 is 27.9 Å². The molecule has 0 saturated carbocycles. The van der Waals surface area contributed by atoms with Gasteiger partial charge in [-0.1, -0.05) is 15.9 Å². The molecule has 88 valence electrons. The molecule has 1 rings (SSSR count). The number of nitrogens with one attached hydrogen (secondary N) is 1. The summed E-state index contributed by atoms with van der Waals surface area (Å²) >= 11 is 3.40. The molecule has 1 aromatic carbocycles. The van der Waals surface area contributed by atoms with Crippen LogP contribution in [0.1, 0.15) is 29.8 Å². The van der Waals surface area contributed by atoms with Gasteiger partial charge in [-0.05, 0) is 38.5 Å². The molecule has 0 spiro atoms. The van der Waals surface area contributed by atoms with E-state index >= 15 is 0 Å². The van der Waals surface area contributed by atoms with E-state index in [0.29, 0.717) is 5.56 Å². The molecule has 0 saturated heterocycles. The van der Waals surface area contributed by atoms with Gasteiger partial charge in [-0.2, -0.15) is 0 Å². The van der Waals surface area contributed by atoms with Gasteiger partial charge in [0.25, 0.3) is 0 Å². The molecule has 0 fully saturated rings. The Bertz CT molecular complexity index is 391. The summed E-state index contributed by atoms with van der Waals surface area (Å²) in [5.41, 5.74) is 2.40. The lowest BCUT2D eigenvalue weighted by atomic mass is 10.1. The normalized spacial score (nSPS) is 14.3. The van der Waals surface area contributed by atoms with Crippen LogP contribution in [0.25, 0.3) is 0 Å². The topological polar surface area (TPSA) is 49.3 Å². The predicted molar refractivity (Wildman–Crippen MR) is 69.0 cm³/mol. The summed E-state index contributed by atoms with van der Waals surface area (Å²) in [6, 6.07) is 3.63. The maximum Gasteiger partial charge on any atom is 0.150 e. The number of anilines is 1. The molecule has 0 radical (unpaired) electrons. The van der Waals surface area contributed by atoms with Gasteiger partial charge in [-0.3, -0.25) is 4.79 Å². The smallest absolute Gasteiger partial charge is 0.150 e. The second-order valence-electron chi connectivity index (χ2n) is 3.96. The number of rotatable bonds is 4. The molecule has 0 aliphatic rings. The van der Waals surface area contributed by atoms with Crippen molar-refractivity contribution in [3.05, 3.63) is 27.7 Å². The van der Waals surface area contributed by atoms with Crippen molar-refractivity contribution in [1.82, 2.24) is 0 Å². The van der Waals surface area contributed by atoms with Crippen LogP contribution in [-0.2, 0) is 0 Å². The first-order valence-electron chi connectivity index (χ1n) is 5.15. The number of hydrogen-bond donors (Lipinski definition) is 2. The first kappa shape index (κ1) is 13.2. The van der Waals surface area contributed by atoms with E-state index in [1.165, 1.54) is 0 Å². The molecule has 0 heterocycles. The van der Waals surface area contributed by atoms with Crippen LogP contribution in [0.15, 0.2) is 16.6 Å². The Labute approximate surface area is 104 Å². The van der Waals surface area contributed by atoms with Crippen molar-refractivity contribution in [2.75, 3.05) is 5.32 Å². The van der Waals surface area contributed by atoms with Crippen molar-refractivity contribution in [3.8, 4) is 0 Å². The second-order valence-corrected chi connectivity index (χ2v) is 4.82. The number of aliphatic hydroxyl groups is 1. The van der Waals surface area contributed by atoms with Gasteiger partial charge < -0.3 is 10.4 Å². The molecule has 1 aromatic rings. The van der Waals surface area contributed by atoms with E-state index in [9.17, 15) is 9.90 Å². The number of benzene rings is 1. The number of aliphatic hydroxyl groups excluding tert-OH is 1. The molecular formula is C12H16BrNO2. The molecule has 0 aromatic heterocycles.